The van der Waals surface area contributed by atoms with Crippen molar-refractivity contribution in [2.45, 2.75) is 63.1 Å². The number of nitrogens with zero attached hydrogens (tertiary/aromatic N) is 2. The number of hydrogen-bond acceptors (Lipinski definition) is 6. The Kier molecular flexibility index (Phi) is 8.68. The molecule has 0 aromatic heterocycles. The van der Waals surface area contributed by atoms with Gasteiger partial charge in [0.1, 0.15) is 0 Å². The van der Waals surface area contributed by atoms with Gasteiger partial charge in [0.25, 0.3) is 5.91 Å². The normalized spacial score (nSPS) is 19.5. The van der Waals surface area contributed by atoms with E-state index < -0.39 is 10.0 Å². The Balaban J connectivity index is 1.30. The molecule has 2 fully saturated rings. The van der Waals surface area contributed by atoms with Crippen molar-refractivity contribution in [2.75, 3.05) is 36.8 Å². The second kappa shape index (κ2) is 12.6. The molecule has 1 amide bonds. The molecule has 8 nitrogen and oxygen atoms in total. The highest BCUT2D eigenvalue weighted by Gasteiger charge is 2.31. The van der Waals surface area contributed by atoms with E-state index in [4.69, 9.17) is 0 Å². The van der Waals surface area contributed by atoms with Crippen molar-refractivity contribution in [1.29, 1.82) is 0 Å². The van der Waals surface area contributed by atoms with Crippen LogP contribution >= 0.6 is 0 Å². The molecule has 43 heavy (non-hydrogen) atoms. The maximum atomic E-state index is 13.5. The third-order valence-corrected chi connectivity index (χ3v) is 10.3. The molecule has 226 valence electrons. The van der Waals surface area contributed by atoms with Crippen LogP contribution in [0.15, 0.2) is 77.7 Å². The first-order valence-electron chi connectivity index (χ1n) is 15.4. The highest BCUT2D eigenvalue weighted by Crippen LogP contribution is 2.39. The lowest BCUT2D eigenvalue weighted by Crippen LogP contribution is -2.46. The summed E-state index contributed by atoms with van der Waals surface area (Å²) >= 11 is 0. The minimum Gasteiger partial charge on any atom is -0.354 e. The fourth-order valence-electron chi connectivity index (χ4n) is 6.30. The van der Waals surface area contributed by atoms with E-state index in [9.17, 15) is 13.2 Å². The Hall–Kier alpha value is -3.50. The summed E-state index contributed by atoms with van der Waals surface area (Å²) in [6.45, 7) is 9.28. The van der Waals surface area contributed by atoms with Crippen molar-refractivity contribution < 1.29 is 13.2 Å². The number of carbonyl (C=O) groups is 1. The number of sulfonamides is 1. The topological polar surface area (TPSA) is 93.8 Å². The van der Waals surface area contributed by atoms with Crippen LogP contribution in [0.4, 0.5) is 11.4 Å². The number of rotatable bonds is 9. The SMILES string of the molecule is CC(C)N1CCC(NS(=O)(=O)c2ccc3c(c2)/C(=C(/Nc2ccc(CN4CCCC4)cc2)c2ccccc2)C(=O)N3)CC1. The molecule has 3 aliphatic rings. The molecule has 9 heteroatoms. The van der Waals surface area contributed by atoms with Gasteiger partial charge in [-0.05, 0) is 107 Å². The van der Waals surface area contributed by atoms with Gasteiger partial charge in [-0.2, -0.15) is 0 Å². The summed E-state index contributed by atoms with van der Waals surface area (Å²) in [5.41, 5.74) is 5.17. The van der Waals surface area contributed by atoms with Crippen molar-refractivity contribution in [3.63, 3.8) is 0 Å². The van der Waals surface area contributed by atoms with E-state index in [0.717, 1.165) is 56.8 Å². The summed E-state index contributed by atoms with van der Waals surface area (Å²) in [5.74, 6) is -0.268. The summed E-state index contributed by atoms with van der Waals surface area (Å²) in [5, 5.41) is 6.45. The van der Waals surface area contributed by atoms with Gasteiger partial charge >= 0.3 is 0 Å². The molecule has 3 aliphatic heterocycles. The molecule has 3 aromatic rings. The number of hydrogen-bond donors (Lipinski definition) is 3. The Bertz CT molecular complexity index is 1590. The molecule has 6 rings (SSSR count). The van der Waals surface area contributed by atoms with Crippen LogP contribution in [-0.2, 0) is 21.4 Å². The van der Waals surface area contributed by atoms with Crippen molar-refractivity contribution in [2.24, 2.45) is 0 Å². The zero-order valence-electron chi connectivity index (χ0n) is 25.0. The van der Waals surface area contributed by atoms with E-state index >= 15 is 0 Å². The van der Waals surface area contributed by atoms with Gasteiger partial charge in [0, 0.05) is 35.6 Å². The largest absolute Gasteiger partial charge is 0.354 e. The molecule has 3 heterocycles. The van der Waals surface area contributed by atoms with Crippen molar-refractivity contribution in [1.82, 2.24) is 14.5 Å². The van der Waals surface area contributed by atoms with E-state index in [2.05, 4.69) is 51.1 Å². The van der Waals surface area contributed by atoms with Crippen LogP contribution in [0.1, 0.15) is 56.2 Å². The Labute approximate surface area is 255 Å². The van der Waals surface area contributed by atoms with Crippen LogP contribution < -0.4 is 15.4 Å². The van der Waals surface area contributed by atoms with E-state index in [0.29, 0.717) is 28.6 Å². The summed E-state index contributed by atoms with van der Waals surface area (Å²) in [6, 6.07) is 23.2. The number of amides is 1. The second-order valence-electron chi connectivity index (χ2n) is 12.1. The first-order chi connectivity index (χ1) is 20.8. The van der Waals surface area contributed by atoms with Gasteiger partial charge in [-0.3, -0.25) is 9.69 Å². The molecular weight excluding hydrogens is 558 g/mol. The van der Waals surface area contributed by atoms with E-state index in [1.165, 1.54) is 18.4 Å². The summed E-state index contributed by atoms with van der Waals surface area (Å²) in [4.78, 5) is 18.5. The van der Waals surface area contributed by atoms with Crippen LogP contribution in [0.3, 0.4) is 0 Å². The summed E-state index contributed by atoms with van der Waals surface area (Å²) in [6.07, 6.45) is 4.06. The minimum atomic E-state index is -3.78. The van der Waals surface area contributed by atoms with Crippen molar-refractivity contribution >= 4 is 38.6 Å². The van der Waals surface area contributed by atoms with Crippen LogP contribution in [0.5, 0.6) is 0 Å². The maximum Gasteiger partial charge on any atom is 0.258 e. The van der Waals surface area contributed by atoms with Crippen molar-refractivity contribution in [3.05, 3.63) is 89.5 Å². The highest BCUT2D eigenvalue weighted by atomic mass is 32.2. The number of piperidine rings is 1. The van der Waals surface area contributed by atoms with Gasteiger partial charge in [-0.25, -0.2) is 13.1 Å². The lowest BCUT2D eigenvalue weighted by Gasteiger charge is -2.34. The van der Waals surface area contributed by atoms with E-state index in [1.807, 2.05) is 42.5 Å². The van der Waals surface area contributed by atoms with Gasteiger partial charge in [0.05, 0.1) is 16.2 Å². The number of benzene rings is 3. The highest BCUT2D eigenvalue weighted by molar-refractivity contribution is 7.89. The smallest absolute Gasteiger partial charge is 0.258 e. The van der Waals surface area contributed by atoms with E-state index in [1.54, 1.807) is 18.2 Å². The predicted octanol–water partition coefficient (Wildman–Crippen LogP) is 5.37. The molecule has 3 N–H and O–H groups in total. The molecule has 0 unspecified atom stereocenters. The first kappa shape index (κ1) is 29.6. The Morgan fingerprint density at radius 3 is 2.30 bits per heavy atom. The summed E-state index contributed by atoms with van der Waals surface area (Å²) < 4.78 is 30.0. The lowest BCUT2D eigenvalue weighted by molar-refractivity contribution is -0.110. The van der Waals surface area contributed by atoms with E-state index in [-0.39, 0.29) is 16.8 Å². The molecule has 0 aliphatic carbocycles. The van der Waals surface area contributed by atoms with Gasteiger partial charge in [0.15, 0.2) is 0 Å². The average Bonchev–Trinajstić information content (AvgIpc) is 3.64. The number of likely N-dealkylation sites (tertiary alicyclic amines) is 2. The van der Waals surface area contributed by atoms with Gasteiger partial charge in [0.2, 0.25) is 10.0 Å². The number of anilines is 2. The monoisotopic (exact) mass is 599 g/mol. The molecular formula is C34H41N5O3S. The molecule has 0 radical (unpaired) electrons. The zero-order chi connectivity index (χ0) is 30.0. The standard InChI is InChI=1S/C34H41N5O3S/c1-24(2)39-20-16-28(17-21-39)37-43(41,42)29-14-15-31-30(22-29)32(34(40)36-31)33(26-8-4-3-5-9-26)35-27-12-10-25(11-13-27)23-38-18-6-7-19-38/h3-5,8-15,22,24,28,35,37H,6-7,16-21,23H2,1-2H3,(H,36,40)/b33-32-. The van der Waals surface area contributed by atoms with Crippen LogP contribution in [0.2, 0.25) is 0 Å². The second-order valence-corrected chi connectivity index (χ2v) is 13.8. The Morgan fingerprint density at radius 1 is 0.930 bits per heavy atom. The van der Waals surface area contributed by atoms with Gasteiger partial charge in [-0.1, -0.05) is 42.5 Å². The van der Waals surface area contributed by atoms with Crippen LogP contribution in [0.25, 0.3) is 11.3 Å². The predicted molar refractivity (Wildman–Crippen MR) is 173 cm³/mol. The quantitative estimate of drug-likeness (QED) is 0.287. The molecule has 2 saturated heterocycles. The minimum absolute atomic E-state index is 0.113. The Morgan fingerprint density at radius 2 is 1.63 bits per heavy atom. The molecule has 0 atom stereocenters. The number of carbonyl (C=O) groups excluding carboxylic acids is 1. The number of nitrogens with one attached hydrogen (secondary N) is 3. The van der Waals surface area contributed by atoms with Crippen LogP contribution in [-0.4, -0.2) is 62.4 Å². The first-order valence-corrected chi connectivity index (χ1v) is 16.9. The lowest BCUT2D eigenvalue weighted by atomic mass is 10.00. The zero-order valence-corrected chi connectivity index (χ0v) is 25.8. The molecule has 0 spiro atoms. The fourth-order valence-corrected chi connectivity index (χ4v) is 7.63. The number of fused-ring (bicyclic) bond motifs is 1. The summed E-state index contributed by atoms with van der Waals surface area (Å²) in [7, 11) is -3.78. The fraction of sp³-hybridized carbons (Fsp3) is 0.382. The molecule has 0 bridgehead atoms. The van der Waals surface area contributed by atoms with Gasteiger partial charge < -0.3 is 15.5 Å². The van der Waals surface area contributed by atoms with Gasteiger partial charge in [-0.15, -0.1) is 0 Å². The maximum absolute atomic E-state index is 13.5. The average molecular weight is 600 g/mol. The molecule has 0 saturated carbocycles. The van der Waals surface area contributed by atoms with Crippen LogP contribution in [0, 0.1) is 0 Å². The van der Waals surface area contributed by atoms with Crippen molar-refractivity contribution in [3.8, 4) is 0 Å². The molecule has 3 aromatic carbocycles. The third-order valence-electron chi connectivity index (χ3n) is 8.77. The third kappa shape index (κ3) is 6.70.